The molecule has 1 unspecified atom stereocenters. The van der Waals surface area contributed by atoms with Gasteiger partial charge in [-0.2, -0.15) is 5.10 Å². The summed E-state index contributed by atoms with van der Waals surface area (Å²) in [6.45, 7) is 3.46. The molecule has 7 nitrogen and oxygen atoms in total. The summed E-state index contributed by atoms with van der Waals surface area (Å²) in [4.78, 5) is 0.161. The van der Waals surface area contributed by atoms with Gasteiger partial charge in [-0.15, -0.1) is 0 Å². The minimum atomic E-state index is -3.69. The van der Waals surface area contributed by atoms with Gasteiger partial charge in [-0.25, -0.2) is 13.1 Å². The molecule has 1 aromatic heterocycles. The molecule has 0 aliphatic heterocycles. The smallest absolute Gasteiger partial charge is 0.244 e. The number of sulfonamides is 1. The summed E-state index contributed by atoms with van der Waals surface area (Å²) < 4.78 is 39.8. The Balaban J connectivity index is 2.35. The van der Waals surface area contributed by atoms with Crippen molar-refractivity contribution in [3.8, 4) is 11.5 Å². The first-order chi connectivity index (χ1) is 10.8. The zero-order valence-corrected chi connectivity index (χ0v) is 14.6. The van der Waals surface area contributed by atoms with Crippen molar-refractivity contribution in [2.75, 3.05) is 14.2 Å². The second-order valence-electron chi connectivity index (χ2n) is 5.17. The molecule has 0 saturated heterocycles. The van der Waals surface area contributed by atoms with Crippen molar-refractivity contribution in [3.05, 3.63) is 35.7 Å². The summed E-state index contributed by atoms with van der Waals surface area (Å²) in [6, 6.07) is 4.76. The molecule has 1 N–H and O–H groups in total. The second-order valence-corrected chi connectivity index (χ2v) is 6.85. The highest BCUT2D eigenvalue weighted by Gasteiger charge is 2.24. The maximum absolute atomic E-state index is 12.6. The van der Waals surface area contributed by atoms with E-state index in [1.807, 2.05) is 0 Å². The standard InChI is InChI=1S/C15H21N3O4S/c1-10(13-8-12(21-4)6-7-14(13)22-5)17-23(19,20)15-9-16-18(3)11(15)2/h6-10,17H,1-5H3. The van der Waals surface area contributed by atoms with Crippen LogP contribution >= 0.6 is 0 Å². The maximum atomic E-state index is 12.6. The fourth-order valence-electron chi connectivity index (χ4n) is 2.28. The third-order valence-electron chi connectivity index (χ3n) is 3.72. The van der Waals surface area contributed by atoms with Gasteiger partial charge in [0.1, 0.15) is 16.4 Å². The van der Waals surface area contributed by atoms with Crippen molar-refractivity contribution in [1.29, 1.82) is 0 Å². The first-order valence-electron chi connectivity index (χ1n) is 7.03. The summed E-state index contributed by atoms with van der Waals surface area (Å²) >= 11 is 0. The lowest BCUT2D eigenvalue weighted by molar-refractivity contribution is 0.395. The van der Waals surface area contributed by atoms with Crippen LogP contribution in [-0.2, 0) is 17.1 Å². The minimum absolute atomic E-state index is 0.161. The number of ether oxygens (including phenoxy) is 2. The first-order valence-corrected chi connectivity index (χ1v) is 8.51. The van der Waals surface area contributed by atoms with Gasteiger partial charge >= 0.3 is 0 Å². The van der Waals surface area contributed by atoms with Crippen LogP contribution in [0.4, 0.5) is 0 Å². The van der Waals surface area contributed by atoms with Crippen molar-refractivity contribution >= 4 is 10.0 Å². The van der Waals surface area contributed by atoms with Crippen molar-refractivity contribution in [1.82, 2.24) is 14.5 Å². The van der Waals surface area contributed by atoms with Crippen molar-refractivity contribution in [2.24, 2.45) is 7.05 Å². The van der Waals surface area contributed by atoms with E-state index in [0.29, 0.717) is 22.8 Å². The third-order valence-corrected chi connectivity index (χ3v) is 5.36. The molecule has 8 heteroatoms. The van der Waals surface area contributed by atoms with E-state index in [0.717, 1.165) is 0 Å². The quantitative estimate of drug-likeness (QED) is 0.867. The number of hydrogen-bond acceptors (Lipinski definition) is 5. The van der Waals surface area contributed by atoms with Crippen molar-refractivity contribution in [3.63, 3.8) is 0 Å². The molecule has 2 rings (SSSR count). The summed E-state index contributed by atoms with van der Waals surface area (Å²) in [5.41, 5.74) is 1.26. The molecule has 0 spiro atoms. The van der Waals surface area contributed by atoms with Gasteiger partial charge in [0.2, 0.25) is 10.0 Å². The number of nitrogens with zero attached hydrogens (tertiary/aromatic N) is 2. The van der Waals surface area contributed by atoms with Gasteiger partial charge in [0.05, 0.1) is 26.1 Å². The van der Waals surface area contributed by atoms with Crippen LogP contribution in [0.15, 0.2) is 29.3 Å². The Morgan fingerprint density at radius 3 is 2.48 bits per heavy atom. The molecule has 0 saturated carbocycles. The fraction of sp³-hybridized carbons (Fsp3) is 0.400. The van der Waals surface area contributed by atoms with Gasteiger partial charge in [0, 0.05) is 18.7 Å². The van der Waals surface area contributed by atoms with E-state index in [-0.39, 0.29) is 4.90 Å². The number of rotatable bonds is 6. The zero-order valence-electron chi connectivity index (χ0n) is 13.8. The van der Waals surface area contributed by atoms with Gasteiger partial charge in [-0.05, 0) is 32.0 Å². The highest BCUT2D eigenvalue weighted by Crippen LogP contribution is 2.30. The van der Waals surface area contributed by atoms with E-state index in [1.165, 1.54) is 18.0 Å². The van der Waals surface area contributed by atoms with Gasteiger partial charge in [-0.3, -0.25) is 4.68 Å². The number of aryl methyl sites for hydroxylation is 1. The predicted octanol–water partition coefficient (Wildman–Crippen LogP) is 1.79. The molecule has 0 aliphatic carbocycles. The van der Waals surface area contributed by atoms with Crippen molar-refractivity contribution < 1.29 is 17.9 Å². The molecule has 1 atom stereocenters. The lowest BCUT2D eigenvalue weighted by Gasteiger charge is -2.18. The number of methoxy groups -OCH3 is 2. The SMILES string of the molecule is COc1ccc(OC)c(C(C)NS(=O)(=O)c2cnn(C)c2C)c1. The third kappa shape index (κ3) is 3.48. The first kappa shape index (κ1) is 17.3. The number of benzene rings is 1. The number of hydrogen-bond donors (Lipinski definition) is 1. The summed E-state index contributed by atoms with van der Waals surface area (Å²) in [5.74, 6) is 1.22. The van der Waals surface area contributed by atoms with Crippen LogP contribution < -0.4 is 14.2 Å². The molecule has 0 radical (unpaired) electrons. The Morgan fingerprint density at radius 1 is 1.26 bits per heavy atom. The Hall–Kier alpha value is -2.06. The van der Waals surface area contributed by atoms with E-state index in [9.17, 15) is 8.42 Å². The number of nitrogens with one attached hydrogen (secondary N) is 1. The normalized spacial score (nSPS) is 12.9. The molecular formula is C15H21N3O4S. The van der Waals surface area contributed by atoms with E-state index < -0.39 is 16.1 Å². The fourth-order valence-corrected chi connectivity index (χ4v) is 3.71. The number of aromatic nitrogens is 2. The molecular weight excluding hydrogens is 318 g/mol. The average molecular weight is 339 g/mol. The highest BCUT2D eigenvalue weighted by molar-refractivity contribution is 7.89. The van der Waals surface area contributed by atoms with E-state index in [2.05, 4.69) is 9.82 Å². The molecule has 0 amide bonds. The van der Waals surface area contributed by atoms with E-state index >= 15 is 0 Å². The minimum Gasteiger partial charge on any atom is -0.497 e. The van der Waals surface area contributed by atoms with Crippen LogP contribution in [0.3, 0.4) is 0 Å². The largest absolute Gasteiger partial charge is 0.497 e. The molecule has 1 aromatic carbocycles. The molecule has 0 aliphatic rings. The zero-order chi connectivity index (χ0) is 17.2. The van der Waals surface area contributed by atoms with Crippen LogP contribution in [0, 0.1) is 6.92 Å². The van der Waals surface area contributed by atoms with Crippen LogP contribution in [0.2, 0.25) is 0 Å². The summed E-state index contributed by atoms with van der Waals surface area (Å²) in [5, 5.41) is 3.98. The molecule has 126 valence electrons. The Kier molecular flexibility index (Phi) is 4.96. The lowest BCUT2D eigenvalue weighted by Crippen LogP contribution is -2.27. The Bertz CT molecular complexity index is 799. The summed E-state index contributed by atoms with van der Waals surface area (Å²) in [7, 11) is 1.10. The predicted molar refractivity (Wildman–Crippen MR) is 86.2 cm³/mol. The van der Waals surface area contributed by atoms with Gasteiger partial charge in [0.15, 0.2) is 0 Å². The molecule has 1 heterocycles. The van der Waals surface area contributed by atoms with Crippen LogP contribution in [0.25, 0.3) is 0 Å². The topological polar surface area (TPSA) is 82.4 Å². The van der Waals surface area contributed by atoms with E-state index in [4.69, 9.17) is 9.47 Å². The van der Waals surface area contributed by atoms with Crippen molar-refractivity contribution in [2.45, 2.75) is 24.8 Å². The average Bonchev–Trinajstić information content (AvgIpc) is 2.86. The van der Waals surface area contributed by atoms with E-state index in [1.54, 1.807) is 46.2 Å². The lowest BCUT2D eigenvalue weighted by atomic mass is 10.1. The summed E-state index contributed by atoms with van der Waals surface area (Å²) in [6.07, 6.45) is 1.34. The monoisotopic (exact) mass is 339 g/mol. The van der Waals surface area contributed by atoms with Crippen LogP contribution in [0.5, 0.6) is 11.5 Å². The van der Waals surface area contributed by atoms with Gasteiger partial charge in [0.25, 0.3) is 0 Å². The van der Waals surface area contributed by atoms with Gasteiger partial charge < -0.3 is 9.47 Å². The second kappa shape index (κ2) is 6.59. The molecule has 2 aromatic rings. The molecule has 23 heavy (non-hydrogen) atoms. The highest BCUT2D eigenvalue weighted by atomic mass is 32.2. The Morgan fingerprint density at radius 2 is 1.96 bits per heavy atom. The maximum Gasteiger partial charge on any atom is 0.244 e. The van der Waals surface area contributed by atoms with Crippen LogP contribution in [0.1, 0.15) is 24.2 Å². The van der Waals surface area contributed by atoms with Crippen LogP contribution in [-0.4, -0.2) is 32.4 Å². The molecule has 0 bridgehead atoms. The Labute approximate surface area is 136 Å². The molecule has 0 fully saturated rings. The van der Waals surface area contributed by atoms with Gasteiger partial charge in [-0.1, -0.05) is 0 Å².